The summed E-state index contributed by atoms with van der Waals surface area (Å²) in [6.45, 7) is 5.94. The fourth-order valence-corrected chi connectivity index (χ4v) is 3.13. The van der Waals surface area contributed by atoms with E-state index in [1.54, 1.807) is 6.07 Å². The van der Waals surface area contributed by atoms with E-state index < -0.39 is 0 Å². The molecule has 0 fully saturated rings. The Labute approximate surface area is 138 Å². The molecule has 0 aromatic heterocycles. The van der Waals surface area contributed by atoms with Crippen LogP contribution < -0.4 is 5.32 Å². The van der Waals surface area contributed by atoms with Crippen LogP contribution in [0.5, 0.6) is 0 Å². The summed E-state index contributed by atoms with van der Waals surface area (Å²) in [6, 6.07) is 13.2. The number of halogens is 2. The van der Waals surface area contributed by atoms with Crippen LogP contribution in [-0.2, 0) is 6.54 Å². The zero-order chi connectivity index (χ0) is 15.2. The third-order valence-corrected chi connectivity index (χ3v) is 4.65. The molecule has 0 heterocycles. The van der Waals surface area contributed by atoms with E-state index in [0.717, 1.165) is 21.5 Å². The summed E-state index contributed by atoms with van der Waals surface area (Å²) in [4.78, 5) is 1.74. The first-order chi connectivity index (χ1) is 10.1. The monoisotopic (exact) mass is 367 g/mol. The molecule has 4 heteroatoms. The molecule has 0 radical (unpaired) electrons. The van der Waals surface area contributed by atoms with E-state index in [2.05, 4.69) is 35.1 Å². The molecule has 0 aliphatic carbocycles. The number of nitrogens with one attached hydrogen (secondary N) is 1. The Morgan fingerprint density at radius 1 is 1.14 bits per heavy atom. The Bertz CT molecular complexity index is 584. The Morgan fingerprint density at radius 3 is 2.52 bits per heavy atom. The molecule has 2 aromatic rings. The number of rotatable bonds is 6. The van der Waals surface area contributed by atoms with Crippen molar-refractivity contribution < 1.29 is 4.39 Å². The predicted molar refractivity (Wildman–Crippen MR) is 91.2 cm³/mol. The number of hydrogen-bond donors (Lipinski definition) is 1. The molecule has 0 bridgehead atoms. The predicted octanol–water partition coefficient (Wildman–Crippen LogP) is 5.49. The van der Waals surface area contributed by atoms with E-state index in [0.29, 0.717) is 17.4 Å². The molecule has 0 saturated carbocycles. The van der Waals surface area contributed by atoms with Crippen LogP contribution in [0, 0.1) is 11.7 Å². The third kappa shape index (κ3) is 5.13. The van der Waals surface area contributed by atoms with E-state index >= 15 is 0 Å². The van der Waals surface area contributed by atoms with E-state index in [9.17, 15) is 4.39 Å². The van der Waals surface area contributed by atoms with Crippen molar-refractivity contribution in [2.24, 2.45) is 5.92 Å². The first kappa shape index (κ1) is 16.5. The lowest BCUT2D eigenvalue weighted by Gasteiger charge is -2.12. The zero-order valence-electron chi connectivity index (χ0n) is 12.2. The molecular formula is C17H19BrFNS. The second-order valence-corrected chi connectivity index (χ2v) is 7.31. The van der Waals surface area contributed by atoms with Crippen molar-refractivity contribution in [1.82, 2.24) is 5.32 Å². The second-order valence-electron chi connectivity index (χ2n) is 5.31. The standard InChI is InChI=1S/C17H19BrFNS/c1-12(2)10-20-11-13-4-3-5-16(19)17(13)21-15-8-6-14(18)7-9-15/h3-9,12,20H,10-11H2,1-2H3. The average molecular weight is 368 g/mol. The molecule has 0 atom stereocenters. The molecule has 0 aliphatic rings. The minimum atomic E-state index is -0.160. The molecule has 112 valence electrons. The van der Waals surface area contributed by atoms with Crippen molar-refractivity contribution in [3.63, 3.8) is 0 Å². The van der Waals surface area contributed by atoms with Gasteiger partial charge in [-0.15, -0.1) is 0 Å². The van der Waals surface area contributed by atoms with Crippen molar-refractivity contribution in [2.45, 2.75) is 30.2 Å². The lowest BCUT2D eigenvalue weighted by atomic mass is 10.2. The molecular weight excluding hydrogens is 349 g/mol. The number of hydrogen-bond acceptors (Lipinski definition) is 2. The quantitative estimate of drug-likeness (QED) is 0.724. The lowest BCUT2D eigenvalue weighted by Crippen LogP contribution is -2.19. The Hall–Kier alpha value is -0.840. The van der Waals surface area contributed by atoms with Crippen LogP contribution >= 0.6 is 27.7 Å². The molecule has 2 aromatic carbocycles. The highest BCUT2D eigenvalue weighted by atomic mass is 79.9. The van der Waals surface area contributed by atoms with Gasteiger partial charge in [0.05, 0.1) is 4.90 Å². The van der Waals surface area contributed by atoms with Crippen LogP contribution in [0.4, 0.5) is 4.39 Å². The molecule has 0 amide bonds. The molecule has 1 nitrogen and oxygen atoms in total. The maximum Gasteiger partial charge on any atom is 0.137 e. The van der Waals surface area contributed by atoms with E-state index in [-0.39, 0.29) is 5.82 Å². The van der Waals surface area contributed by atoms with Crippen LogP contribution in [0.25, 0.3) is 0 Å². The minimum absolute atomic E-state index is 0.160. The molecule has 1 N–H and O–H groups in total. The second kappa shape index (κ2) is 7.97. The topological polar surface area (TPSA) is 12.0 Å². The van der Waals surface area contributed by atoms with Gasteiger partial charge in [-0.25, -0.2) is 4.39 Å². The first-order valence-corrected chi connectivity index (χ1v) is 8.58. The summed E-state index contributed by atoms with van der Waals surface area (Å²) in [5.74, 6) is 0.424. The fraction of sp³-hybridized carbons (Fsp3) is 0.294. The SMILES string of the molecule is CC(C)CNCc1cccc(F)c1Sc1ccc(Br)cc1. The third-order valence-electron chi connectivity index (χ3n) is 2.95. The van der Waals surface area contributed by atoms with Gasteiger partial charge in [-0.3, -0.25) is 0 Å². The molecule has 2 rings (SSSR count). The van der Waals surface area contributed by atoms with E-state index in [1.807, 2.05) is 30.3 Å². The van der Waals surface area contributed by atoms with Crippen molar-refractivity contribution in [3.05, 3.63) is 58.3 Å². The highest BCUT2D eigenvalue weighted by Crippen LogP contribution is 2.33. The van der Waals surface area contributed by atoms with E-state index in [4.69, 9.17) is 0 Å². The van der Waals surface area contributed by atoms with Gasteiger partial charge in [0.15, 0.2) is 0 Å². The molecule has 21 heavy (non-hydrogen) atoms. The summed E-state index contributed by atoms with van der Waals surface area (Å²) in [5, 5.41) is 3.38. The van der Waals surface area contributed by atoms with Gasteiger partial charge in [-0.05, 0) is 48.4 Å². The normalized spacial score (nSPS) is 11.1. The summed E-state index contributed by atoms with van der Waals surface area (Å²) < 4.78 is 15.2. The minimum Gasteiger partial charge on any atom is -0.312 e. The maximum atomic E-state index is 14.1. The van der Waals surface area contributed by atoms with Gasteiger partial charge in [0.25, 0.3) is 0 Å². The summed E-state index contributed by atoms with van der Waals surface area (Å²) in [7, 11) is 0. The number of benzene rings is 2. The van der Waals surface area contributed by atoms with Gasteiger partial charge in [0, 0.05) is 15.9 Å². The van der Waals surface area contributed by atoms with Gasteiger partial charge >= 0.3 is 0 Å². The summed E-state index contributed by atoms with van der Waals surface area (Å²) >= 11 is 4.89. The average Bonchev–Trinajstić information content (AvgIpc) is 2.44. The zero-order valence-corrected chi connectivity index (χ0v) is 14.6. The fourth-order valence-electron chi connectivity index (χ4n) is 1.92. The van der Waals surface area contributed by atoms with Gasteiger partial charge in [0.2, 0.25) is 0 Å². The van der Waals surface area contributed by atoms with Gasteiger partial charge in [-0.2, -0.15) is 0 Å². The van der Waals surface area contributed by atoms with Crippen molar-refractivity contribution in [1.29, 1.82) is 0 Å². The van der Waals surface area contributed by atoms with Gasteiger partial charge in [-0.1, -0.05) is 53.7 Å². The molecule has 0 saturated heterocycles. The Balaban J connectivity index is 2.15. The smallest absolute Gasteiger partial charge is 0.137 e. The largest absolute Gasteiger partial charge is 0.312 e. The summed E-state index contributed by atoms with van der Waals surface area (Å²) in [5.41, 5.74) is 1.00. The molecule has 0 unspecified atom stereocenters. The van der Waals surface area contributed by atoms with Crippen LogP contribution in [0.3, 0.4) is 0 Å². The lowest BCUT2D eigenvalue weighted by molar-refractivity contribution is 0.543. The molecule has 0 aliphatic heterocycles. The highest BCUT2D eigenvalue weighted by Gasteiger charge is 2.10. The van der Waals surface area contributed by atoms with Crippen LogP contribution in [0.15, 0.2) is 56.7 Å². The molecule has 0 spiro atoms. The maximum absolute atomic E-state index is 14.1. The summed E-state index contributed by atoms with van der Waals surface area (Å²) in [6.07, 6.45) is 0. The van der Waals surface area contributed by atoms with Crippen LogP contribution in [0.1, 0.15) is 19.4 Å². The van der Waals surface area contributed by atoms with Crippen molar-refractivity contribution in [3.8, 4) is 0 Å². The van der Waals surface area contributed by atoms with Crippen LogP contribution in [0.2, 0.25) is 0 Å². The van der Waals surface area contributed by atoms with Crippen molar-refractivity contribution in [2.75, 3.05) is 6.54 Å². The first-order valence-electron chi connectivity index (χ1n) is 6.98. The van der Waals surface area contributed by atoms with Gasteiger partial charge < -0.3 is 5.32 Å². The Morgan fingerprint density at radius 2 is 1.86 bits per heavy atom. The Kier molecular flexibility index (Phi) is 6.27. The van der Waals surface area contributed by atoms with Crippen molar-refractivity contribution >= 4 is 27.7 Å². The van der Waals surface area contributed by atoms with Crippen LogP contribution in [-0.4, -0.2) is 6.54 Å². The van der Waals surface area contributed by atoms with Gasteiger partial charge in [0.1, 0.15) is 5.82 Å². The van der Waals surface area contributed by atoms with E-state index in [1.165, 1.54) is 17.8 Å². The highest BCUT2D eigenvalue weighted by molar-refractivity contribution is 9.10.